The van der Waals surface area contributed by atoms with Crippen LogP contribution in [-0.2, 0) is 0 Å². The summed E-state index contributed by atoms with van der Waals surface area (Å²) in [4.78, 5) is 0. The molecular weight excluding hydrogens is 223 g/mol. The lowest BCUT2D eigenvalue weighted by atomic mass is 10.0. The highest BCUT2D eigenvalue weighted by atomic mass is 35.5. The third-order valence-electron chi connectivity index (χ3n) is 2.08. The Morgan fingerprint density at radius 1 is 1.21 bits per heavy atom. The maximum absolute atomic E-state index is 9.73. The fraction of sp³-hybridized carbons (Fsp3) is 0.400. The first-order valence-corrected chi connectivity index (χ1v) is 5.13. The second kappa shape index (κ2) is 4.99. The molecule has 0 aliphatic carbocycles. The van der Waals surface area contributed by atoms with Crippen LogP contribution in [0.1, 0.15) is 25.0 Å². The van der Waals surface area contributed by atoms with Crippen molar-refractivity contribution in [2.75, 3.05) is 0 Å². The van der Waals surface area contributed by atoms with Gasteiger partial charge in [0.05, 0.1) is 6.10 Å². The van der Waals surface area contributed by atoms with E-state index in [-0.39, 0.29) is 0 Å². The van der Waals surface area contributed by atoms with Crippen LogP contribution in [0.25, 0.3) is 0 Å². The maximum Gasteiger partial charge on any atom is 0.108 e. The summed E-state index contributed by atoms with van der Waals surface area (Å²) in [6.07, 6.45) is -1.42. The van der Waals surface area contributed by atoms with Crippen molar-refractivity contribution in [3.05, 3.63) is 33.8 Å². The zero-order valence-electron chi connectivity index (χ0n) is 7.74. The molecule has 0 heterocycles. The van der Waals surface area contributed by atoms with Gasteiger partial charge in [0.15, 0.2) is 0 Å². The Labute approximate surface area is 93.1 Å². The predicted molar refractivity (Wildman–Crippen MR) is 57.7 cm³/mol. The second-order valence-electron chi connectivity index (χ2n) is 3.06. The fourth-order valence-corrected chi connectivity index (χ4v) is 1.83. The van der Waals surface area contributed by atoms with Gasteiger partial charge in [0, 0.05) is 15.6 Å². The van der Waals surface area contributed by atoms with Gasteiger partial charge < -0.3 is 10.2 Å². The van der Waals surface area contributed by atoms with Crippen LogP contribution in [0.15, 0.2) is 18.2 Å². The zero-order valence-corrected chi connectivity index (χ0v) is 9.26. The first-order valence-electron chi connectivity index (χ1n) is 4.38. The number of hydrogen-bond acceptors (Lipinski definition) is 2. The van der Waals surface area contributed by atoms with Gasteiger partial charge in [-0.25, -0.2) is 0 Å². The van der Waals surface area contributed by atoms with Gasteiger partial charge in [-0.05, 0) is 18.6 Å². The Morgan fingerprint density at radius 2 is 1.71 bits per heavy atom. The third-order valence-corrected chi connectivity index (χ3v) is 2.74. The molecule has 0 aromatic heterocycles. The number of aliphatic hydroxyl groups is 2. The smallest absolute Gasteiger partial charge is 0.108 e. The molecule has 2 atom stereocenters. The molecule has 1 aromatic rings. The number of halogens is 2. The van der Waals surface area contributed by atoms with Crippen molar-refractivity contribution in [1.29, 1.82) is 0 Å². The van der Waals surface area contributed by atoms with E-state index in [0.29, 0.717) is 22.0 Å². The summed E-state index contributed by atoms with van der Waals surface area (Å²) in [6.45, 7) is 1.78. The summed E-state index contributed by atoms with van der Waals surface area (Å²) >= 11 is 11.7. The van der Waals surface area contributed by atoms with Gasteiger partial charge in [-0.2, -0.15) is 0 Å². The van der Waals surface area contributed by atoms with Crippen LogP contribution in [0, 0.1) is 0 Å². The van der Waals surface area contributed by atoms with Crippen LogP contribution in [0.5, 0.6) is 0 Å². The van der Waals surface area contributed by atoms with E-state index in [0.717, 1.165) is 0 Å². The molecular formula is C10H12Cl2O2. The summed E-state index contributed by atoms with van der Waals surface area (Å²) in [5, 5.41) is 19.9. The fourth-order valence-electron chi connectivity index (χ4n) is 1.21. The summed E-state index contributed by atoms with van der Waals surface area (Å²) in [5.74, 6) is 0. The zero-order chi connectivity index (χ0) is 10.7. The molecule has 0 fully saturated rings. The standard InChI is InChI=1S/C10H12Cl2O2/c1-2-8(13)10(14)9-6(11)4-3-5-7(9)12/h3-5,8,10,13-14H,2H2,1H3/t8-,10+/m0/s1. The van der Waals surface area contributed by atoms with Crippen LogP contribution in [-0.4, -0.2) is 16.3 Å². The molecule has 78 valence electrons. The van der Waals surface area contributed by atoms with Crippen LogP contribution in [0.3, 0.4) is 0 Å². The first-order chi connectivity index (χ1) is 6.57. The normalized spacial score (nSPS) is 15.2. The Balaban J connectivity index is 3.05. The molecule has 0 radical (unpaired) electrons. The highest BCUT2D eigenvalue weighted by molar-refractivity contribution is 6.36. The molecule has 0 unspecified atom stereocenters. The minimum Gasteiger partial charge on any atom is -0.390 e. The topological polar surface area (TPSA) is 40.5 Å². The summed E-state index contributed by atoms with van der Waals surface area (Å²) in [7, 11) is 0. The molecule has 0 saturated carbocycles. The van der Waals surface area contributed by atoms with Crippen molar-refractivity contribution < 1.29 is 10.2 Å². The molecule has 0 aliphatic heterocycles. The van der Waals surface area contributed by atoms with E-state index in [2.05, 4.69) is 0 Å². The Kier molecular flexibility index (Phi) is 4.20. The molecule has 0 bridgehead atoms. The number of aliphatic hydroxyl groups excluding tert-OH is 2. The van der Waals surface area contributed by atoms with E-state index in [1.807, 2.05) is 0 Å². The van der Waals surface area contributed by atoms with Crippen molar-refractivity contribution in [3.63, 3.8) is 0 Å². The molecule has 2 nitrogen and oxygen atoms in total. The number of rotatable bonds is 3. The second-order valence-corrected chi connectivity index (χ2v) is 3.87. The van der Waals surface area contributed by atoms with Gasteiger partial charge in [-0.1, -0.05) is 36.2 Å². The van der Waals surface area contributed by atoms with Gasteiger partial charge in [0.1, 0.15) is 6.10 Å². The molecule has 0 amide bonds. The summed E-state index contributed by atoms with van der Waals surface area (Å²) in [5.41, 5.74) is 0.394. The highest BCUT2D eigenvalue weighted by Crippen LogP contribution is 2.32. The van der Waals surface area contributed by atoms with Gasteiger partial charge in [-0.3, -0.25) is 0 Å². The Hall–Kier alpha value is -0.280. The van der Waals surface area contributed by atoms with Crippen LogP contribution >= 0.6 is 23.2 Å². The average Bonchev–Trinajstić information content (AvgIpc) is 2.16. The van der Waals surface area contributed by atoms with Crippen molar-refractivity contribution in [2.24, 2.45) is 0 Å². The van der Waals surface area contributed by atoms with Crippen molar-refractivity contribution >= 4 is 23.2 Å². The van der Waals surface area contributed by atoms with E-state index in [1.54, 1.807) is 25.1 Å². The molecule has 2 N–H and O–H groups in total. The van der Waals surface area contributed by atoms with Gasteiger partial charge in [0.25, 0.3) is 0 Å². The molecule has 4 heteroatoms. The quantitative estimate of drug-likeness (QED) is 0.845. The van der Waals surface area contributed by atoms with Crippen LogP contribution in [0.2, 0.25) is 10.0 Å². The molecule has 0 saturated heterocycles. The predicted octanol–water partition coefficient (Wildman–Crippen LogP) is 2.80. The third kappa shape index (κ3) is 2.39. The molecule has 1 rings (SSSR count). The van der Waals surface area contributed by atoms with Crippen molar-refractivity contribution in [2.45, 2.75) is 25.6 Å². The molecule has 0 spiro atoms. The summed E-state index contributed by atoms with van der Waals surface area (Å²) < 4.78 is 0. The minimum atomic E-state index is -1.03. The van der Waals surface area contributed by atoms with Crippen molar-refractivity contribution in [3.8, 4) is 0 Å². The number of benzene rings is 1. The maximum atomic E-state index is 9.73. The lowest BCUT2D eigenvalue weighted by Gasteiger charge is -2.18. The number of hydrogen-bond donors (Lipinski definition) is 2. The first kappa shape index (κ1) is 11.8. The SMILES string of the molecule is CC[C@H](O)[C@@H](O)c1c(Cl)cccc1Cl. The average molecular weight is 235 g/mol. The van der Waals surface area contributed by atoms with E-state index in [1.165, 1.54) is 0 Å². The lowest BCUT2D eigenvalue weighted by Crippen LogP contribution is -2.17. The minimum absolute atomic E-state index is 0.373. The van der Waals surface area contributed by atoms with E-state index in [4.69, 9.17) is 23.2 Å². The van der Waals surface area contributed by atoms with Gasteiger partial charge in [0.2, 0.25) is 0 Å². The monoisotopic (exact) mass is 234 g/mol. The largest absolute Gasteiger partial charge is 0.390 e. The van der Waals surface area contributed by atoms with Crippen LogP contribution in [0.4, 0.5) is 0 Å². The Bertz CT molecular complexity index is 295. The van der Waals surface area contributed by atoms with Crippen LogP contribution < -0.4 is 0 Å². The van der Waals surface area contributed by atoms with Crippen molar-refractivity contribution in [1.82, 2.24) is 0 Å². The molecule has 14 heavy (non-hydrogen) atoms. The van der Waals surface area contributed by atoms with E-state index in [9.17, 15) is 10.2 Å². The van der Waals surface area contributed by atoms with Gasteiger partial charge >= 0.3 is 0 Å². The van der Waals surface area contributed by atoms with Gasteiger partial charge in [-0.15, -0.1) is 0 Å². The Morgan fingerprint density at radius 3 is 2.14 bits per heavy atom. The lowest BCUT2D eigenvalue weighted by molar-refractivity contribution is 0.0166. The highest BCUT2D eigenvalue weighted by Gasteiger charge is 2.21. The van der Waals surface area contributed by atoms with E-state index >= 15 is 0 Å². The molecule has 1 aromatic carbocycles. The van der Waals surface area contributed by atoms with E-state index < -0.39 is 12.2 Å². The summed E-state index contributed by atoms with van der Waals surface area (Å²) in [6, 6.07) is 4.96. The molecule has 0 aliphatic rings.